The molecule has 0 saturated carbocycles. The van der Waals surface area contributed by atoms with Crippen LogP contribution in [0.4, 0.5) is 25.2 Å². The second-order valence-electron chi connectivity index (χ2n) is 12.4. The van der Waals surface area contributed by atoms with E-state index in [1.165, 1.54) is 6.33 Å². The summed E-state index contributed by atoms with van der Waals surface area (Å²) in [6.07, 6.45) is 9.37. The lowest BCUT2D eigenvalue weighted by Gasteiger charge is -2.42. The number of hydrogen-bond acceptors (Lipinski definition) is 6. The third-order valence-electron chi connectivity index (χ3n) is 9.70. The zero-order valence-electron chi connectivity index (χ0n) is 24.7. The van der Waals surface area contributed by atoms with E-state index in [0.29, 0.717) is 50.8 Å². The van der Waals surface area contributed by atoms with Gasteiger partial charge in [-0.3, -0.25) is 4.90 Å². The maximum absolute atomic E-state index is 15.8. The lowest BCUT2D eigenvalue weighted by molar-refractivity contribution is -0.0855. The van der Waals surface area contributed by atoms with Crippen LogP contribution in [-0.2, 0) is 17.2 Å². The molecule has 1 atom stereocenters. The average Bonchev–Trinajstić information content (AvgIpc) is 3.01. The van der Waals surface area contributed by atoms with Gasteiger partial charge in [0, 0.05) is 43.3 Å². The molecular weight excluding hydrogens is 538 g/mol. The predicted molar refractivity (Wildman–Crippen MR) is 159 cm³/mol. The van der Waals surface area contributed by atoms with Crippen LogP contribution in [-0.4, -0.2) is 71.2 Å². The van der Waals surface area contributed by atoms with Crippen LogP contribution in [0.3, 0.4) is 0 Å². The van der Waals surface area contributed by atoms with Gasteiger partial charge in [0.2, 0.25) is 0 Å². The number of amides is 2. The summed E-state index contributed by atoms with van der Waals surface area (Å²) in [5.74, 6) is -2.21. The van der Waals surface area contributed by atoms with Crippen molar-refractivity contribution in [2.75, 3.05) is 49.6 Å². The zero-order valence-corrected chi connectivity index (χ0v) is 24.7. The highest BCUT2D eigenvalue weighted by Crippen LogP contribution is 2.42. The molecular formula is C32H44F2N6O2. The number of rotatable bonds is 1. The number of aromatic nitrogens is 2. The Balaban J connectivity index is 1.32. The summed E-state index contributed by atoms with van der Waals surface area (Å²) >= 11 is 0. The fourth-order valence-electron chi connectivity index (χ4n) is 7.07. The quantitative estimate of drug-likeness (QED) is 0.423. The van der Waals surface area contributed by atoms with Gasteiger partial charge < -0.3 is 19.9 Å². The Labute approximate surface area is 247 Å². The first kappa shape index (κ1) is 29.2. The molecule has 1 N–H and O–H groups in total. The normalized spacial score (nSPS) is 27.7. The summed E-state index contributed by atoms with van der Waals surface area (Å²) in [4.78, 5) is 29.2. The lowest BCUT2D eigenvalue weighted by atomic mass is 9.85. The van der Waals surface area contributed by atoms with Gasteiger partial charge in [-0.2, -0.15) is 0 Å². The molecule has 10 heteroatoms. The predicted octanol–water partition coefficient (Wildman–Crippen LogP) is 6.34. The minimum Gasteiger partial charge on any atom is -0.381 e. The molecule has 7 rings (SSSR count). The maximum atomic E-state index is 15.8. The summed E-state index contributed by atoms with van der Waals surface area (Å²) in [6.45, 7) is 6.73. The van der Waals surface area contributed by atoms with Crippen molar-refractivity contribution in [1.29, 1.82) is 0 Å². The monoisotopic (exact) mass is 582 g/mol. The standard InChI is InChI=1S/C32H44F2N6O2/c1-23-24-8-7-9-26(20-24)32(33,34)25-10-16-38(17-11-25)14-5-3-2-4-6-15-39-30-28(29(37-23)35-22-36-30)21-40(31(39)41)27-12-18-42-19-13-27/h7-9,20,22-23,25,27H,2-6,10-19,21H2,1H3,(H,35,36,37)/t23-/m1/s1. The van der Waals surface area contributed by atoms with Gasteiger partial charge in [-0.25, -0.2) is 23.5 Å². The Morgan fingerprint density at radius 2 is 1.69 bits per heavy atom. The van der Waals surface area contributed by atoms with Crippen LogP contribution in [0.1, 0.15) is 87.4 Å². The number of halogens is 2. The van der Waals surface area contributed by atoms with E-state index < -0.39 is 11.8 Å². The van der Waals surface area contributed by atoms with E-state index in [4.69, 9.17) is 4.74 Å². The van der Waals surface area contributed by atoms with Gasteiger partial charge >= 0.3 is 6.03 Å². The molecule has 0 unspecified atom stereocenters. The van der Waals surface area contributed by atoms with Crippen molar-refractivity contribution >= 4 is 17.7 Å². The fourth-order valence-corrected chi connectivity index (χ4v) is 7.07. The van der Waals surface area contributed by atoms with Gasteiger partial charge in [0.1, 0.15) is 18.0 Å². The minimum absolute atomic E-state index is 0.00371. The number of hydrogen-bond donors (Lipinski definition) is 1. The second kappa shape index (κ2) is 12.8. The van der Waals surface area contributed by atoms with Crippen LogP contribution in [0, 0.1) is 5.92 Å². The Bertz CT molecular complexity index is 1230. The summed E-state index contributed by atoms with van der Waals surface area (Å²) in [5, 5.41) is 3.50. The number of carbonyl (C=O) groups is 1. The summed E-state index contributed by atoms with van der Waals surface area (Å²) in [7, 11) is 0. The molecule has 2 saturated heterocycles. The third kappa shape index (κ3) is 6.11. The third-order valence-corrected chi connectivity index (χ3v) is 9.70. The largest absolute Gasteiger partial charge is 0.381 e. The van der Waals surface area contributed by atoms with E-state index in [0.717, 1.165) is 75.7 Å². The number of ether oxygens (including phenoxy) is 1. The van der Waals surface area contributed by atoms with Gasteiger partial charge in [-0.1, -0.05) is 37.5 Å². The van der Waals surface area contributed by atoms with Crippen molar-refractivity contribution in [2.45, 2.75) is 89.3 Å². The van der Waals surface area contributed by atoms with Crippen LogP contribution >= 0.6 is 0 Å². The second-order valence-corrected chi connectivity index (χ2v) is 12.4. The van der Waals surface area contributed by atoms with Crippen molar-refractivity contribution in [2.24, 2.45) is 5.92 Å². The van der Waals surface area contributed by atoms with Gasteiger partial charge in [-0.15, -0.1) is 0 Å². The molecule has 0 spiro atoms. The number of urea groups is 1. The number of piperidine rings is 1. The van der Waals surface area contributed by atoms with Gasteiger partial charge in [0.05, 0.1) is 12.1 Å². The number of nitrogens with zero attached hydrogens (tertiary/aromatic N) is 5. The molecule has 1 aromatic carbocycles. The van der Waals surface area contributed by atoms with E-state index >= 15 is 8.78 Å². The molecule has 42 heavy (non-hydrogen) atoms. The Hall–Kier alpha value is -2.85. The van der Waals surface area contributed by atoms with Crippen molar-refractivity contribution in [3.05, 3.63) is 47.3 Å². The molecule has 228 valence electrons. The van der Waals surface area contributed by atoms with E-state index in [-0.39, 0.29) is 23.7 Å². The van der Waals surface area contributed by atoms with Crippen LogP contribution < -0.4 is 10.2 Å². The number of carbonyl (C=O) groups excluding carboxylic acids is 1. The van der Waals surface area contributed by atoms with Crippen molar-refractivity contribution in [3.8, 4) is 0 Å². The highest BCUT2D eigenvalue weighted by atomic mass is 19.3. The molecule has 8 nitrogen and oxygen atoms in total. The highest BCUT2D eigenvalue weighted by Gasteiger charge is 2.43. The van der Waals surface area contributed by atoms with Crippen molar-refractivity contribution in [1.82, 2.24) is 19.8 Å². The molecule has 8 bridgehead atoms. The first-order valence-electron chi connectivity index (χ1n) is 15.9. The van der Waals surface area contributed by atoms with Crippen molar-refractivity contribution < 1.29 is 18.3 Å². The number of alkyl halides is 2. The Kier molecular flexibility index (Phi) is 8.90. The molecule has 0 aliphatic carbocycles. The number of benzene rings is 1. The topological polar surface area (TPSA) is 73.8 Å². The van der Waals surface area contributed by atoms with E-state index in [1.54, 1.807) is 18.2 Å². The molecule has 5 aliphatic heterocycles. The average molecular weight is 583 g/mol. The smallest absolute Gasteiger partial charge is 0.326 e. The molecule has 2 amide bonds. The zero-order chi connectivity index (χ0) is 29.1. The summed E-state index contributed by atoms with van der Waals surface area (Å²) in [6, 6.07) is 6.70. The molecule has 2 fully saturated rings. The Morgan fingerprint density at radius 1 is 0.952 bits per heavy atom. The van der Waals surface area contributed by atoms with Gasteiger partial charge in [0.25, 0.3) is 5.92 Å². The number of nitrogens with one attached hydrogen (secondary N) is 1. The van der Waals surface area contributed by atoms with E-state index in [2.05, 4.69) is 20.2 Å². The van der Waals surface area contributed by atoms with Gasteiger partial charge in [0.15, 0.2) is 0 Å². The van der Waals surface area contributed by atoms with E-state index in [9.17, 15) is 4.79 Å². The van der Waals surface area contributed by atoms with Crippen LogP contribution in [0.2, 0.25) is 0 Å². The SMILES string of the molecule is C[C@H]1Nc2ncnc3c2CN(C2CCOCC2)C(=O)N3CCCCCCCN2CCC(CC2)C(F)(F)c2cccc1c2. The van der Waals surface area contributed by atoms with Crippen LogP contribution in [0.25, 0.3) is 0 Å². The fraction of sp³-hybridized carbons (Fsp3) is 0.656. The van der Waals surface area contributed by atoms with Crippen LogP contribution in [0.5, 0.6) is 0 Å². The van der Waals surface area contributed by atoms with Gasteiger partial charge in [-0.05, 0) is 76.7 Å². The van der Waals surface area contributed by atoms with Crippen LogP contribution in [0.15, 0.2) is 30.6 Å². The molecule has 1 aromatic heterocycles. The summed E-state index contributed by atoms with van der Waals surface area (Å²) in [5.41, 5.74) is 1.76. The van der Waals surface area contributed by atoms with Crippen molar-refractivity contribution in [3.63, 3.8) is 0 Å². The first-order valence-corrected chi connectivity index (χ1v) is 15.9. The van der Waals surface area contributed by atoms with E-state index in [1.807, 2.05) is 22.8 Å². The molecule has 2 aromatic rings. The molecule has 6 heterocycles. The number of anilines is 2. The lowest BCUT2D eigenvalue weighted by Crippen LogP contribution is -2.53. The maximum Gasteiger partial charge on any atom is 0.326 e. The molecule has 5 aliphatic rings. The number of fused-ring (bicyclic) bond motifs is 9. The molecule has 0 radical (unpaired) electrons. The summed E-state index contributed by atoms with van der Waals surface area (Å²) < 4.78 is 37.2. The minimum atomic E-state index is -2.88. The Morgan fingerprint density at radius 3 is 2.48 bits per heavy atom. The first-order chi connectivity index (χ1) is 20.4. The highest BCUT2D eigenvalue weighted by molar-refractivity contribution is 5.94.